The molecule has 0 spiro atoms. The van der Waals surface area contributed by atoms with Crippen molar-refractivity contribution in [1.82, 2.24) is 0 Å². The molecule has 0 amide bonds. The van der Waals surface area contributed by atoms with Crippen LogP contribution in [0.25, 0.3) is 0 Å². The van der Waals surface area contributed by atoms with Crippen LogP contribution in [0.2, 0.25) is 0 Å². The van der Waals surface area contributed by atoms with E-state index in [0.29, 0.717) is 6.42 Å². The first-order valence-corrected chi connectivity index (χ1v) is 9.00. The number of carbonyl (C=O) groups excluding carboxylic acids is 4. The van der Waals surface area contributed by atoms with Crippen molar-refractivity contribution in [2.75, 3.05) is 26.9 Å². The van der Waals surface area contributed by atoms with E-state index in [0.717, 1.165) is 19.3 Å². The molecular weight excluding hydrogens is 400 g/mol. The van der Waals surface area contributed by atoms with Crippen LogP contribution < -0.4 is 0 Å². The third-order valence-electron chi connectivity index (χ3n) is 3.62. The van der Waals surface area contributed by atoms with Gasteiger partial charge >= 0.3 is 23.9 Å². The molecule has 10 heteroatoms. The van der Waals surface area contributed by atoms with Crippen molar-refractivity contribution in [3.05, 3.63) is 47.5 Å². The predicted octanol–water partition coefficient (Wildman–Crippen LogP) is 0.404. The Hall–Kier alpha value is -3.24. The Kier molecular flexibility index (Phi) is 10.8. The lowest BCUT2D eigenvalue weighted by atomic mass is 10.1. The highest BCUT2D eigenvalue weighted by atomic mass is 16.6. The summed E-state index contributed by atoms with van der Waals surface area (Å²) < 4.78 is 18.8. The molecule has 1 rings (SSSR count). The van der Waals surface area contributed by atoms with Crippen molar-refractivity contribution >= 4 is 23.9 Å². The summed E-state index contributed by atoms with van der Waals surface area (Å²) in [5.74, 6) is -3.01. The summed E-state index contributed by atoms with van der Waals surface area (Å²) in [6, 6.07) is 5.42. The highest BCUT2D eigenvalue weighted by Gasteiger charge is 2.15. The minimum absolute atomic E-state index is 0.125. The van der Waals surface area contributed by atoms with Gasteiger partial charge in [-0.25, -0.2) is 19.2 Å². The molecule has 0 heterocycles. The molecule has 0 aromatic heterocycles. The zero-order valence-corrected chi connectivity index (χ0v) is 16.6. The average molecular weight is 424 g/mol. The van der Waals surface area contributed by atoms with E-state index in [2.05, 4.69) is 9.47 Å². The molecule has 0 saturated heterocycles. The van der Waals surface area contributed by atoms with E-state index in [1.807, 2.05) is 0 Å². The highest BCUT2D eigenvalue weighted by molar-refractivity contribution is 5.93. The molecule has 0 aliphatic heterocycles. The zero-order chi connectivity index (χ0) is 22.5. The average Bonchev–Trinajstić information content (AvgIpc) is 2.77. The second-order valence-corrected chi connectivity index (χ2v) is 5.98. The molecule has 0 aliphatic carbocycles. The molecule has 0 bridgehead atoms. The molecule has 0 radical (unpaired) electrons. The molecule has 30 heavy (non-hydrogen) atoms. The highest BCUT2D eigenvalue weighted by Crippen LogP contribution is 2.08. The quantitative estimate of drug-likeness (QED) is 0.291. The molecule has 10 nitrogen and oxygen atoms in total. The number of rotatable bonds is 11. The van der Waals surface area contributed by atoms with Crippen molar-refractivity contribution in [3.8, 4) is 0 Å². The molecule has 1 aromatic carbocycles. The van der Waals surface area contributed by atoms with Crippen molar-refractivity contribution in [3.63, 3.8) is 0 Å². The van der Waals surface area contributed by atoms with Crippen molar-refractivity contribution < 1.29 is 48.3 Å². The largest absolute Gasteiger partial charge is 0.466 e. The van der Waals surface area contributed by atoms with Gasteiger partial charge in [-0.15, -0.1) is 0 Å². The van der Waals surface area contributed by atoms with Crippen LogP contribution in [0.4, 0.5) is 0 Å². The fourth-order valence-corrected chi connectivity index (χ4v) is 1.85. The summed E-state index contributed by atoms with van der Waals surface area (Å²) in [7, 11) is 1.15. The van der Waals surface area contributed by atoms with E-state index < -0.39 is 49.3 Å². The first-order valence-electron chi connectivity index (χ1n) is 9.00. The van der Waals surface area contributed by atoms with Crippen LogP contribution in [-0.4, -0.2) is 73.2 Å². The Morgan fingerprint density at radius 3 is 1.70 bits per heavy atom. The lowest BCUT2D eigenvalue weighted by Crippen LogP contribution is -2.25. The van der Waals surface area contributed by atoms with Gasteiger partial charge in [0.1, 0.15) is 25.9 Å². The van der Waals surface area contributed by atoms with Gasteiger partial charge in [-0.1, -0.05) is 6.92 Å². The normalized spacial score (nSPS) is 12.7. The summed E-state index contributed by atoms with van der Waals surface area (Å²) in [5.41, 5.74) is 0.326. The Bertz CT molecular complexity index is 753. The number of hydrogen-bond donors (Lipinski definition) is 2. The van der Waals surface area contributed by atoms with Crippen LogP contribution in [0.15, 0.2) is 36.4 Å². The Labute approximate surface area is 173 Å². The minimum Gasteiger partial charge on any atom is -0.466 e. The maximum atomic E-state index is 12.0. The fourth-order valence-electron chi connectivity index (χ4n) is 1.85. The second kappa shape index (κ2) is 13.1. The molecule has 2 N–H and O–H groups in total. The predicted molar refractivity (Wildman–Crippen MR) is 101 cm³/mol. The van der Waals surface area contributed by atoms with Crippen LogP contribution in [0.5, 0.6) is 0 Å². The minimum atomic E-state index is -1.27. The number of esters is 4. The maximum absolute atomic E-state index is 12.0. The molecule has 0 fully saturated rings. The zero-order valence-electron chi connectivity index (χ0n) is 16.6. The fraction of sp³-hybridized carbons (Fsp3) is 0.400. The Morgan fingerprint density at radius 2 is 1.23 bits per heavy atom. The Morgan fingerprint density at radius 1 is 0.800 bits per heavy atom. The van der Waals surface area contributed by atoms with E-state index in [-0.39, 0.29) is 17.7 Å². The number of aliphatic hydroxyl groups is 2. The van der Waals surface area contributed by atoms with Gasteiger partial charge in [0.15, 0.2) is 0 Å². The number of hydrogen-bond acceptors (Lipinski definition) is 10. The van der Waals surface area contributed by atoms with E-state index >= 15 is 0 Å². The van der Waals surface area contributed by atoms with Crippen LogP contribution in [0.3, 0.4) is 0 Å². The summed E-state index contributed by atoms with van der Waals surface area (Å²) in [6.45, 7) is 0.736. The number of benzene rings is 1. The first-order chi connectivity index (χ1) is 14.3. The standard InChI is InChI=1S/C20H24O10/c1-3-15(21)10-29-19(25)13-4-6-14(7-5-13)20(26)30-12-16(22)11-28-18(24)9-8-17(23)27-2/h4-9,15-16,21-22H,3,10-12H2,1-2H3/b9-8+. The second-order valence-electron chi connectivity index (χ2n) is 5.98. The number of ether oxygens (including phenoxy) is 4. The number of aliphatic hydroxyl groups excluding tert-OH is 2. The van der Waals surface area contributed by atoms with Crippen LogP contribution >= 0.6 is 0 Å². The SMILES string of the molecule is CCC(O)COC(=O)c1ccc(C(=O)OCC(O)COC(=O)/C=C/C(=O)OC)cc1. The number of carbonyl (C=O) groups is 4. The van der Waals surface area contributed by atoms with Gasteiger partial charge < -0.3 is 29.2 Å². The summed E-state index contributed by atoms with van der Waals surface area (Å²) in [4.78, 5) is 46.0. The van der Waals surface area contributed by atoms with Crippen LogP contribution in [-0.2, 0) is 28.5 Å². The molecule has 0 aliphatic rings. The van der Waals surface area contributed by atoms with E-state index in [9.17, 15) is 29.4 Å². The summed E-state index contributed by atoms with van der Waals surface area (Å²) in [5, 5.41) is 19.1. The summed E-state index contributed by atoms with van der Waals surface area (Å²) >= 11 is 0. The smallest absolute Gasteiger partial charge is 0.338 e. The first kappa shape index (κ1) is 24.8. The Balaban J connectivity index is 2.42. The third-order valence-corrected chi connectivity index (χ3v) is 3.62. The molecule has 2 atom stereocenters. The topological polar surface area (TPSA) is 146 Å². The molecule has 2 unspecified atom stereocenters. The number of methoxy groups -OCH3 is 1. The monoisotopic (exact) mass is 424 g/mol. The molecular formula is C20H24O10. The van der Waals surface area contributed by atoms with Crippen molar-refractivity contribution in [2.24, 2.45) is 0 Å². The van der Waals surface area contributed by atoms with E-state index in [1.54, 1.807) is 6.92 Å². The van der Waals surface area contributed by atoms with Crippen molar-refractivity contribution in [1.29, 1.82) is 0 Å². The lowest BCUT2D eigenvalue weighted by molar-refractivity contribution is -0.142. The molecule has 0 saturated carbocycles. The third kappa shape index (κ3) is 9.30. The van der Waals surface area contributed by atoms with Gasteiger partial charge in [0, 0.05) is 12.2 Å². The maximum Gasteiger partial charge on any atom is 0.338 e. The van der Waals surface area contributed by atoms with Crippen LogP contribution in [0, 0.1) is 0 Å². The van der Waals surface area contributed by atoms with Gasteiger partial charge in [0.2, 0.25) is 0 Å². The summed E-state index contributed by atoms with van der Waals surface area (Å²) in [6.07, 6.45) is 0.134. The lowest BCUT2D eigenvalue weighted by Gasteiger charge is -2.11. The van der Waals surface area contributed by atoms with Gasteiger partial charge in [-0.05, 0) is 30.7 Å². The van der Waals surface area contributed by atoms with Gasteiger partial charge in [0.05, 0.1) is 24.3 Å². The molecule has 164 valence electrons. The van der Waals surface area contributed by atoms with Crippen LogP contribution in [0.1, 0.15) is 34.1 Å². The molecule has 1 aromatic rings. The van der Waals surface area contributed by atoms with Gasteiger partial charge in [-0.3, -0.25) is 0 Å². The van der Waals surface area contributed by atoms with Gasteiger partial charge in [0.25, 0.3) is 0 Å². The van der Waals surface area contributed by atoms with Crippen molar-refractivity contribution in [2.45, 2.75) is 25.6 Å². The van der Waals surface area contributed by atoms with E-state index in [1.165, 1.54) is 24.3 Å². The van der Waals surface area contributed by atoms with Gasteiger partial charge in [-0.2, -0.15) is 0 Å². The van der Waals surface area contributed by atoms with E-state index in [4.69, 9.17) is 9.47 Å².